The van der Waals surface area contributed by atoms with Crippen LogP contribution in [0.3, 0.4) is 0 Å². The van der Waals surface area contributed by atoms with E-state index in [1.54, 1.807) is 24.3 Å². The molecule has 0 bridgehead atoms. The van der Waals surface area contributed by atoms with Crippen molar-refractivity contribution in [3.63, 3.8) is 0 Å². The highest BCUT2D eigenvalue weighted by Gasteiger charge is 2.29. The van der Waals surface area contributed by atoms with Gasteiger partial charge in [0.15, 0.2) is 9.84 Å². The summed E-state index contributed by atoms with van der Waals surface area (Å²) in [5.41, 5.74) is 0.603. The van der Waals surface area contributed by atoms with Crippen LogP contribution in [0.5, 0.6) is 0 Å². The highest BCUT2D eigenvalue weighted by atomic mass is 35.5. The molecule has 1 heterocycles. The minimum atomic E-state index is -3.07. The van der Waals surface area contributed by atoms with Gasteiger partial charge in [-0.25, -0.2) is 8.42 Å². The first-order valence-corrected chi connectivity index (χ1v) is 8.48. The standard InChI is InChI=1S/C14H13ClN2O3S/c15-12-3-1-10(2-4-12)7-11(8-16)14(18)17-13-5-6-21(19,20)9-13/h1-4,7,13H,5-6,9H2,(H,17,18)/b11-7+/t13-/m1/s1. The number of sulfone groups is 1. The number of nitriles is 1. The van der Waals surface area contributed by atoms with Gasteiger partial charge in [-0.3, -0.25) is 4.79 Å². The topological polar surface area (TPSA) is 87.0 Å². The summed E-state index contributed by atoms with van der Waals surface area (Å²) in [4.78, 5) is 12.0. The number of hydrogen-bond donors (Lipinski definition) is 1. The zero-order valence-electron chi connectivity index (χ0n) is 11.0. The summed E-state index contributed by atoms with van der Waals surface area (Å²) in [6.45, 7) is 0. The van der Waals surface area contributed by atoms with E-state index in [9.17, 15) is 13.2 Å². The maximum atomic E-state index is 12.0. The van der Waals surface area contributed by atoms with Crippen LogP contribution in [-0.2, 0) is 14.6 Å². The Labute approximate surface area is 128 Å². The number of halogens is 1. The molecule has 1 atom stereocenters. The molecule has 2 rings (SSSR count). The molecule has 1 aromatic carbocycles. The maximum absolute atomic E-state index is 12.0. The molecule has 1 saturated heterocycles. The molecule has 1 fully saturated rings. The summed E-state index contributed by atoms with van der Waals surface area (Å²) in [6.07, 6.45) is 1.82. The van der Waals surface area contributed by atoms with Crippen molar-refractivity contribution >= 4 is 33.4 Å². The fraction of sp³-hybridized carbons (Fsp3) is 0.286. The van der Waals surface area contributed by atoms with Crippen LogP contribution in [-0.4, -0.2) is 31.9 Å². The minimum absolute atomic E-state index is 0.0679. The fourth-order valence-corrected chi connectivity index (χ4v) is 3.85. The average molecular weight is 325 g/mol. The molecule has 1 aliphatic rings. The van der Waals surface area contributed by atoms with Gasteiger partial charge in [0.1, 0.15) is 11.6 Å². The zero-order chi connectivity index (χ0) is 15.5. The number of nitrogens with one attached hydrogen (secondary N) is 1. The molecule has 1 aromatic rings. The van der Waals surface area contributed by atoms with Gasteiger partial charge in [-0.15, -0.1) is 0 Å². The second kappa shape index (κ2) is 6.29. The predicted octanol–water partition coefficient (Wildman–Crippen LogP) is 1.55. The van der Waals surface area contributed by atoms with E-state index in [1.807, 2.05) is 6.07 Å². The highest BCUT2D eigenvalue weighted by molar-refractivity contribution is 7.91. The van der Waals surface area contributed by atoms with Gasteiger partial charge in [0.05, 0.1) is 11.5 Å². The molecule has 1 N–H and O–H groups in total. The van der Waals surface area contributed by atoms with E-state index < -0.39 is 21.8 Å². The lowest BCUT2D eigenvalue weighted by Gasteiger charge is -2.09. The fourth-order valence-electron chi connectivity index (χ4n) is 2.05. The number of carbonyl (C=O) groups excluding carboxylic acids is 1. The normalized spacial score (nSPS) is 20.8. The van der Waals surface area contributed by atoms with Crippen LogP contribution in [0.2, 0.25) is 5.02 Å². The van der Waals surface area contributed by atoms with Crippen molar-refractivity contribution in [2.24, 2.45) is 0 Å². The van der Waals surface area contributed by atoms with E-state index in [-0.39, 0.29) is 17.1 Å². The Kier molecular flexibility index (Phi) is 4.66. The first-order chi connectivity index (χ1) is 9.89. The maximum Gasteiger partial charge on any atom is 0.262 e. The summed E-state index contributed by atoms with van der Waals surface area (Å²) < 4.78 is 22.7. The van der Waals surface area contributed by atoms with Crippen LogP contribution in [0.4, 0.5) is 0 Å². The van der Waals surface area contributed by atoms with Crippen molar-refractivity contribution in [1.82, 2.24) is 5.32 Å². The van der Waals surface area contributed by atoms with Crippen LogP contribution in [0.25, 0.3) is 6.08 Å². The monoisotopic (exact) mass is 324 g/mol. The molecule has 0 aliphatic carbocycles. The van der Waals surface area contributed by atoms with Gasteiger partial charge in [0.2, 0.25) is 0 Å². The van der Waals surface area contributed by atoms with Crippen LogP contribution in [0.15, 0.2) is 29.8 Å². The van der Waals surface area contributed by atoms with Gasteiger partial charge in [-0.05, 0) is 30.2 Å². The molecule has 1 aliphatic heterocycles. The molecule has 0 spiro atoms. The molecule has 7 heteroatoms. The van der Waals surface area contributed by atoms with E-state index in [2.05, 4.69) is 5.32 Å². The Morgan fingerprint density at radius 3 is 2.57 bits per heavy atom. The van der Waals surface area contributed by atoms with E-state index in [4.69, 9.17) is 16.9 Å². The third-order valence-electron chi connectivity index (χ3n) is 3.11. The van der Waals surface area contributed by atoms with Crippen molar-refractivity contribution in [3.8, 4) is 6.07 Å². The van der Waals surface area contributed by atoms with Crippen LogP contribution in [0, 0.1) is 11.3 Å². The van der Waals surface area contributed by atoms with Crippen LogP contribution in [0.1, 0.15) is 12.0 Å². The number of hydrogen-bond acceptors (Lipinski definition) is 4. The summed E-state index contributed by atoms with van der Waals surface area (Å²) in [5.74, 6) is -0.561. The quantitative estimate of drug-likeness (QED) is 0.675. The summed E-state index contributed by atoms with van der Waals surface area (Å²) >= 11 is 5.76. The lowest BCUT2D eigenvalue weighted by molar-refractivity contribution is -0.117. The average Bonchev–Trinajstić information content (AvgIpc) is 2.77. The molecule has 0 unspecified atom stereocenters. The van der Waals surface area contributed by atoms with Gasteiger partial charge in [0.25, 0.3) is 5.91 Å². The lowest BCUT2D eigenvalue weighted by Crippen LogP contribution is -2.36. The molecular weight excluding hydrogens is 312 g/mol. The van der Waals surface area contributed by atoms with Crippen molar-refractivity contribution in [2.75, 3.05) is 11.5 Å². The Bertz CT molecular complexity index is 718. The highest BCUT2D eigenvalue weighted by Crippen LogP contribution is 2.14. The summed E-state index contributed by atoms with van der Waals surface area (Å²) in [6, 6.07) is 8.09. The van der Waals surface area contributed by atoms with Gasteiger partial charge >= 0.3 is 0 Å². The molecule has 21 heavy (non-hydrogen) atoms. The molecule has 0 radical (unpaired) electrons. The third kappa shape index (κ3) is 4.31. The Morgan fingerprint density at radius 1 is 1.38 bits per heavy atom. The number of amides is 1. The second-order valence-electron chi connectivity index (χ2n) is 4.79. The molecular formula is C14H13ClN2O3S. The zero-order valence-corrected chi connectivity index (χ0v) is 12.6. The van der Waals surface area contributed by atoms with Crippen molar-refractivity contribution in [2.45, 2.75) is 12.5 Å². The first kappa shape index (κ1) is 15.5. The van der Waals surface area contributed by atoms with Crippen molar-refractivity contribution in [1.29, 1.82) is 5.26 Å². The molecule has 110 valence electrons. The van der Waals surface area contributed by atoms with Gasteiger partial charge < -0.3 is 5.32 Å². The second-order valence-corrected chi connectivity index (χ2v) is 7.46. The van der Waals surface area contributed by atoms with Crippen molar-refractivity contribution in [3.05, 3.63) is 40.4 Å². The van der Waals surface area contributed by atoms with Gasteiger partial charge in [-0.1, -0.05) is 23.7 Å². The number of rotatable bonds is 3. The SMILES string of the molecule is N#C/C(=C\c1ccc(Cl)cc1)C(=O)N[C@@H]1CCS(=O)(=O)C1. The van der Waals surface area contributed by atoms with E-state index >= 15 is 0 Å². The molecule has 0 saturated carbocycles. The number of benzene rings is 1. The third-order valence-corrected chi connectivity index (χ3v) is 5.13. The summed E-state index contributed by atoms with van der Waals surface area (Å²) in [7, 11) is -3.07. The van der Waals surface area contributed by atoms with E-state index in [1.165, 1.54) is 6.08 Å². The lowest BCUT2D eigenvalue weighted by atomic mass is 10.1. The Hall–Kier alpha value is -1.84. The van der Waals surface area contributed by atoms with Crippen LogP contribution >= 0.6 is 11.6 Å². The predicted molar refractivity (Wildman–Crippen MR) is 80.2 cm³/mol. The van der Waals surface area contributed by atoms with Gasteiger partial charge in [0, 0.05) is 11.1 Å². The minimum Gasteiger partial charge on any atom is -0.348 e. The van der Waals surface area contributed by atoms with Crippen molar-refractivity contribution < 1.29 is 13.2 Å². The van der Waals surface area contributed by atoms with E-state index in [0.717, 1.165) is 0 Å². The first-order valence-electron chi connectivity index (χ1n) is 6.28. The number of nitrogens with zero attached hydrogens (tertiary/aromatic N) is 1. The smallest absolute Gasteiger partial charge is 0.262 e. The molecule has 1 amide bonds. The Balaban J connectivity index is 2.09. The number of carbonyl (C=O) groups is 1. The van der Waals surface area contributed by atoms with Crippen LogP contribution < -0.4 is 5.32 Å². The molecule has 0 aromatic heterocycles. The molecule has 5 nitrogen and oxygen atoms in total. The summed E-state index contributed by atoms with van der Waals surface area (Å²) in [5, 5.41) is 12.2. The van der Waals surface area contributed by atoms with E-state index in [0.29, 0.717) is 17.0 Å². The Morgan fingerprint density at radius 2 is 2.05 bits per heavy atom. The largest absolute Gasteiger partial charge is 0.348 e. The van der Waals surface area contributed by atoms with Gasteiger partial charge in [-0.2, -0.15) is 5.26 Å².